The number of aromatic nitrogens is 3. The fraction of sp³-hybridized carbons (Fsp3) is 0. The minimum absolute atomic E-state index is 0.584. The minimum atomic E-state index is 0.584. The molecule has 0 radical (unpaired) electrons. The van der Waals surface area contributed by atoms with E-state index in [9.17, 15) is 0 Å². The molecule has 3 nitrogen and oxygen atoms in total. The molecular formula is C8H4BrClIN3. The predicted octanol–water partition coefficient (Wildman–Crippen LogP) is 3.29. The summed E-state index contributed by atoms with van der Waals surface area (Å²) < 4.78 is 3.41. The lowest BCUT2D eigenvalue weighted by molar-refractivity contribution is 0.820. The Kier molecular flexibility index (Phi) is 3.08. The van der Waals surface area contributed by atoms with Crippen LogP contribution in [-0.4, -0.2) is 14.8 Å². The number of nitrogens with zero attached hydrogens (tertiary/aromatic N) is 3. The topological polar surface area (TPSA) is 30.7 Å². The molecule has 0 aliphatic heterocycles. The molecule has 0 aromatic carbocycles. The number of halogens is 3. The second kappa shape index (κ2) is 4.16. The van der Waals surface area contributed by atoms with E-state index in [4.69, 9.17) is 11.6 Å². The summed E-state index contributed by atoms with van der Waals surface area (Å²) in [6.45, 7) is 0. The molecule has 2 rings (SSSR count). The summed E-state index contributed by atoms with van der Waals surface area (Å²) in [5.74, 6) is 0.643. The van der Waals surface area contributed by atoms with Gasteiger partial charge in [-0.3, -0.25) is 0 Å². The molecule has 2 aromatic heterocycles. The molecule has 0 aliphatic carbocycles. The van der Waals surface area contributed by atoms with E-state index < -0.39 is 0 Å². The molecular weight excluding hydrogens is 380 g/mol. The summed E-state index contributed by atoms with van der Waals surface area (Å²) in [6, 6.07) is 5.47. The van der Waals surface area contributed by atoms with Gasteiger partial charge in [0.25, 0.3) is 0 Å². The molecule has 2 aromatic rings. The number of rotatable bonds is 1. The second-order valence-electron chi connectivity index (χ2n) is 2.51. The number of hydrogen-bond acceptors (Lipinski definition) is 2. The van der Waals surface area contributed by atoms with Crippen LogP contribution in [0.5, 0.6) is 0 Å². The van der Waals surface area contributed by atoms with Gasteiger partial charge in [-0.25, -0.2) is 9.67 Å². The Balaban J connectivity index is 2.60. The van der Waals surface area contributed by atoms with Crippen LogP contribution in [0, 0.1) is 3.70 Å². The van der Waals surface area contributed by atoms with Crippen LogP contribution in [0.25, 0.3) is 5.82 Å². The lowest BCUT2D eigenvalue weighted by Gasteiger charge is -2.02. The fourth-order valence-electron chi connectivity index (χ4n) is 1.01. The van der Waals surface area contributed by atoms with Crippen LogP contribution in [0.15, 0.2) is 29.0 Å². The highest BCUT2D eigenvalue weighted by atomic mass is 127. The first kappa shape index (κ1) is 10.4. The first-order chi connectivity index (χ1) is 6.68. The van der Waals surface area contributed by atoms with Crippen LogP contribution in [0.1, 0.15) is 0 Å². The van der Waals surface area contributed by atoms with E-state index in [1.807, 2.05) is 6.07 Å². The van der Waals surface area contributed by atoms with Gasteiger partial charge < -0.3 is 0 Å². The summed E-state index contributed by atoms with van der Waals surface area (Å²) in [4.78, 5) is 4.17. The smallest absolute Gasteiger partial charge is 0.173 e. The van der Waals surface area contributed by atoms with Gasteiger partial charge in [-0.1, -0.05) is 11.6 Å². The lowest BCUT2D eigenvalue weighted by Crippen LogP contribution is -2.01. The molecule has 0 amide bonds. The van der Waals surface area contributed by atoms with Gasteiger partial charge in [-0.05, 0) is 50.7 Å². The van der Waals surface area contributed by atoms with Crippen molar-refractivity contribution in [1.82, 2.24) is 14.8 Å². The summed E-state index contributed by atoms with van der Waals surface area (Å²) in [5, 5.41) is 4.80. The van der Waals surface area contributed by atoms with Gasteiger partial charge >= 0.3 is 0 Å². The standard InChI is InChI=1S/C8H4BrClIN3/c9-6-4-7(11)14(13-6)8-5(10)2-1-3-12-8/h1-4H. The second-order valence-corrected chi connectivity index (χ2v) is 4.84. The van der Waals surface area contributed by atoms with Crippen LogP contribution >= 0.6 is 50.1 Å². The first-order valence-corrected chi connectivity index (χ1v) is 5.95. The van der Waals surface area contributed by atoms with Gasteiger partial charge in [0.2, 0.25) is 0 Å². The Morgan fingerprint density at radius 1 is 1.50 bits per heavy atom. The Morgan fingerprint density at radius 3 is 2.86 bits per heavy atom. The maximum Gasteiger partial charge on any atom is 0.173 e. The van der Waals surface area contributed by atoms with E-state index >= 15 is 0 Å². The normalized spacial score (nSPS) is 10.5. The maximum atomic E-state index is 6.00. The molecule has 0 bridgehead atoms. The highest BCUT2D eigenvalue weighted by Gasteiger charge is 2.09. The molecule has 0 fully saturated rings. The lowest BCUT2D eigenvalue weighted by atomic mass is 10.4. The fourth-order valence-corrected chi connectivity index (χ4v) is 2.65. The third-order valence-electron chi connectivity index (χ3n) is 1.58. The van der Waals surface area contributed by atoms with Gasteiger partial charge in [0, 0.05) is 12.3 Å². The molecule has 0 saturated carbocycles. The Morgan fingerprint density at radius 2 is 2.29 bits per heavy atom. The van der Waals surface area contributed by atoms with Crippen molar-refractivity contribution < 1.29 is 0 Å². The zero-order valence-electron chi connectivity index (χ0n) is 6.78. The predicted molar refractivity (Wildman–Crippen MR) is 66.8 cm³/mol. The van der Waals surface area contributed by atoms with Gasteiger partial charge in [-0.2, -0.15) is 5.10 Å². The zero-order valence-corrected chi connectivity index (χ0v) is 11.3. The van der Waals surface area contributed by atoms with Crippen molar-refractivity contribution in [3.05, 3.63) is 37.7 Å². The van der Waals surface area contributed by atoms with Crippen molar-refractivity contribution in [1.29, 1.82) is 0 Å². The Hall–Kier alpha value is -0.140. The van der Waals surface area contributed by atoms with Crippen molar-refractivity contribution in [2.45, 2.75) is 0 Å². The highest BCUT2D eigenvalue weighted by molar-refractivity contribution is 14.1. The van der Waals surface area contributed by atoms with Crippen molar-refractivity contribution in [2.24, 2.45) is 0 Å². The third kappa shape index (κ3) is 1.94. The maximum absolute atomic E-state index is 6.00. The van der Waals surface area contributed by atoms with Crippen LogP contribution < -0.4 is 0 Å². The number of pyridine rings is 1. The third-order valence-corrected chi connectivity index (χ3v) is 3.03. The molecule has 0 saturated heterocycles. The molecule has 72 valence electrons. The summed E-state index contributed by atoms with van der Waals surface area (Å²) >= 11 is 11.5. The molecule has 6 heteroatoms. The van der Waals surface area contributed by atoms with E-state index in [2.05, 4.69) is 48.6 Å². The minimum Gasteiger partial charge on any atom is -0.236 e. The Bertz CT molecular complexity index is 471. The van der Waals surface area contributed by atoms with Crippen LogP contribution in [0.2, 0.25) is 5.02 Å². The largest absolute Gasteiger partial charge is 0.236 e. The van der Waals surface area contributed by atoms with Gasteiger partial charge in [-0.15, -0.1) is 0 Å². The van der Waals surface area contributed by atoms with E-state index in [1.165, 1.54) is 0 Å². The van der Waals surface area contributed by atoms with E-state index in [0.717, 1.165) is 8.30 Å². The molecule has 0 atom stereocenters. The van der Waals surface area contributed by atoms with Gasteiger partial charge in [0.05, 0.1) is 5.02 Å². The van der Waals surface area contributed by atoms with Crippen molar-refractivity contribution in [2.75, 3.05) is 0 Å². The quantitative estimate of drug-likeness (QED) is 0.707. The average molecular weight is 384 g/mol. The van der Waals surface area contributed by atoms with Crippen molar-refractivity contribution >= 4 is 50.1 Å². The van der Waals surface area contributed by atoms with Crippen molar-refractivity contribution in [3.8, 4) is 5.82 Å². The molecule has 14 heavy (non-hydrogen) atoms. The summed E-state index contributed by atoms with van der Waals surface area (Å²) in [7, 11) is 0. The molecule has 2 heterocycles. The molecule has 0 spiro atoms. The zero-order chi connectivity index (χ0) is 10.1. The van der Waals surface area contributed by atoms with Gasteiger partial charge in [0.1, 0.15) is 8.30 Å². The first-order valence-electron chi connectivity index (χ1n) is 3.70. The average Bonchev–Trinajstić information content (AvgIpc) is 2.46. The van der Waals surface area contributed by atoms with Gasteiger partial charge in [0.15, 0.2) is 5.82 Å². The SMILES string of the molecule is Clc1cccnc1-n1nc(Br)cc1I. The molecule has 0 unspecified atom stereocenters. The number of hydrogen-bond donors (Lipinski definition) is 0. The Labute approximate surface area is 108 Å². The molecule has 0 N–H and O–H groups in total. The van der Waals surface area contributed by atoms with E-state index in [1.54, 1.807) is 23.0 Å². The molecule has 0 aliphatic rings. The summed E-state index contributed by atoms with van der Waals surface area (Å²) in [6.07, 6.45) is 1.69. The van der Waals surface area contributed by atoms with E-state index in [-0.39, 0.29) is 0 Å². The van der Waals surface area contributed by atoms with Crippen LogP contribution in [0.3, 0.4) is 0 Å². The van der Waals surface area contributed by atoms with Crippen molar-refractivity contribution in [3.63, 3.8) is 0 Å². The van der Waals surface area contributed by atoms with E-state index in [0.29, 0.717) is 10.8 Å². The van der Waals surface area contributed by atoms with Crippen LogP contribution in [0.4, 0.5) is 0 Å². The highest BCUT2D eigenvalue weighted by Crippen LogP contribution is 2.21. The monoisotopic (exact) mass is 383 g/mol. The summed E-state index contributed by atoms with van der Waals surface area (Å²) in [5.41, 5.74) is 0. The van der Waals surface area contributed by atoms with Crippen LogP contribution in [-0.2, 0) is 0 Å².